The highest BCUT2D eigenvalue weighted by molar-refractivity contribution is 7.91. The number of methoxy groups -OCH3 is 6. The second kappa shape index (κ2) is 22.1. The monoisotopic (exact) mass is 998 g/mol. The van der Waals surface area contributed by atoms with Crippen LogP contribution in [0.15, 0.2) is 107 Å². The Balaban J connectivity index is 0.000000206. The molecule has 0 aliphatic carbocycles. The van der Waals surface area contributed by atoms with E-state index in [1.807, 2.05) is 0 Å². The first-order valence-electron chi connectivity index (χ1n) is 21.3. The van der Waals surface area contributed by atoms with Gasteiger partial charge in [-0.25, -0.2) is 26.8 Å². The Morgan fingerprint density at radius 1 is 0.486 bits per heavy atom. The van der Waals surface area contributed by atoms with E-state index in [9.17, 15) is 16.8 Å². The van der Waals surface area contributed by atoms with Crippen molar-refractivity contribution >= 4 is 19.7 Å². The topological polar surface area (TPSA) is 263 Å². The molecule has 368 valence electrons. The van der Waals surface area contributed by atoms with Crippen molar-refractivity contribution in [3.8, 4) is 69.3 Å². The van der Waals surface area contributed by atoms with E-state index in [0.29, 0.717) is 68.9 Å². The summed E-state index contributed by atoms with van der Waals surface area (Å²) in [6.07, 6.45) is 9.21. The van der Waals surface area contributed by atoms with Crippen LogP contribution in [0.1, 0.15) is 36.9 Å². The summed E-state index contributed by atoms with van der Waals surface area (Å²) < 4.78 is 101. The van der Waals surface area contributed by atoms with E-state index in [-0.39, 0.29) is 36.3 Å². The van der Waals surface area contributed by atoms with Gasteiger partial charge in [-0.2, -0.15) is 0 Å². The summed E-state index contributed by atoms with van der Waals surface area (Å²) in [6, 6.07) is 17.3. The maximum atomic E-state index is 13.4. The molecule has 2 aromatic carbocycles. The second-order valence-corrected chi connectivity index (χ2v) is 20.0. The summed E-state index contributed by atoms with van der Waals surface area (Å²) in [5.74, 6) is 3.39. The zero-order valence-electron chi connectivity index (χ0n) is 39.4. The fourth-order valence-electron chi connectivity index (χ4n) is 7.30. The maximum Gasteiger partial charge on any atom is 0.235 e. The lowest BCUT2D eigenvalue weighted by atomic mass is 10.2. The van der Waals surface area contributed by atoms with Crippen molar-refractivity contribution in [2.75, 3.05) is 42.7 Å². The summed E-state index contributed by atoms with van der Waals surface area (Å²) in [5.41, 5.74) is 1.83. The first-order chi connectivity index (χ1) is 33.8. The van der Waals surface area contributed by atoms with Gasteiger partial charge in [-0.15, -0.1) is 20.4 Å². The van der Waals surface area contributed by atoms with Crippen molar-refractivity contribution in [2.45, 2.75) is 48.7 Å². The van der Waals surface area contributed by atoms with Crippen LogP contribution in [0.4, 0.5) is 0 Å². The number of para-hydroxylation sites is 2. The van der Waals surface area contributed by atoms with Crippen LogP contribution in [0.3, 0.4) is 0 Å². The van der Waals surface area contributed by atoms with Crippen molar-refractivity contribution in [3.05, 3.63) is 121 Å². The zero-order chi connectivity index (χ0) is 50.0. The number of furan rings is 2. The van der Waals surface area contributed by atoms with E-state index in [2.05, 4.69) is 40.3 Å². The molecule has 8 rings (SSSR count). The largest absolute Gasteiger partial charge is 0.494 e. The highest BCUT2D eigenvalue weighted by atomic mass is 32.2. The third kappa shape index (κ3) is 10.7. The van der Waals surface area contributed by atoms with Crippen molar-refractivity contribution in [2.24, 2.45) is 0 Å². The molecular formula is C46H50N10O12S2. The molecule has 2 atom stereocenters. The molecule has 0 bridgehead atoms. The van der Waals surface area contributed by atoms with Crippen LogP contribution in [-0.2, 0) is 44.0 Å². The molecule has 0 amide bonds. The van der Waals surface area contributed by atoms with Gasteiger partial charge < -0.3 is 37.3 Å². The van der Waals surface area contributed by atoms with Crippen LogP contribution in [0.5, 0.6) is 34.8 Å². The van der Waals surface area contributed by atoms with Crippen molar-refractivity contribution in [1.29, 1.82) is 0 Å². The predicted octanol–water partition coefficient (Wildman–Crippen LogP) is 5.78. The smallest absolute Gasteiger partial charge is 0.235 e. The molecule has 0 saturated carbocycles. The summed E-state index contributed by atoms with van der Waals surface area (Å²) >= 11 is 0. The van der Waals surface area contributed by atoms with Crippen molar-refractivity contribution in [1.82, 2.24) is 49.5 Å². The Kier molecular flexibility index (Phi) is 15.8. The molecule has 0 fully saturated rings. The number of nitrogens with zero attached hydrogens (tertiary/aromatic N) is 10. The lowest BCUT2D eigenvalue weighted by Crippen LogP contribution is -2.24. The lowest BCUT2D eigenvalue weighted by Gasteiger charge is -2.18. The van der Waals surface area contributed by atoms with Crippen LogP contribution < -0.4 is 28.4 Å². The Bertz CT molecular complexity index is 2970. The fraction of sp³-hybridized carbons (Fsp3) is 0.304. The zero-order valence-corrected chi connectivity index (χ0v) is 41.0. The second-order valence-electron chi connectivity index (χ2n) is 15.2. The van der Waals surface area contributed by atoms with E-state index in [4.69, 9.17) is 37.3 Å². The minimum absolute atomic E-state index is 0.122. The van der Waals surface area contributed by atoms with Gasteiger partial charge in [-0.05, 0) is 62.4 Å². The van der Waals surface area contributed by atoms with Gasteiger partial charge in [0.15, 0.2) is 42.8 Å². The van der Waals surface area contributed by atoms with E-state index >= 15 is 0 Å². The molecule has 6 heterocycles. The number of aromatic nitrogens is 10. The molecule has 24 heteroatoms. The van der Waals surface area contributed by atoms with Gasteiger partial charge in [0.05, 0.1) is 65.7 Å². The van der Waals surface area contributed by atoms with Crippen LogP contribution in [-0.4, -0.2) is 119 Å². The minimum Gasteiger partial charge on any atom is -0.494 e. The van der Waals surface area contributed by atoms with Gasteiger partial charge in [0.1, 0.15) is 57.3 Å². The van der Waals surface area contributed by atoms with Crippen LogP contribution in [0.2, 0.25) is 0 Å². The van der Waals surface area contributed by atoms with Gasteiger partial charge in [0.25, 0.3) is 0 Å². The SMILES string of the molecule is COc1cccc(OC)c1-n1c(CS(=O)(=O)[C@@H](C)Cc2nccnc2OC)nnc1-c1ccco1.COc1cccc(OC)c1-n1c(CS(=O)(=O)[C@H](C)Cc2nccnc2OC)nnc1-c1ccco1. The van der Waals surface area contributed by atoms with Crippen LogP contribution in [0.25, 0.3) is 34.5 Å². The number of ether oxygens (including phenoxy) is 6. The summed E-state index contributed by atoms with van der Waals surface area (Å²) in [6.45, 7) is 3.22. The van der Waals surface area contributed by atoms with Crippen molar-refractivity contribution < 1.29 is 54.1 Å². The number of hydrogen-bond acceptors (Lipinski definition) is 20. The molecule has 0 spiro atoms. The third-order valence-corrected chi connectivity index (χ3v) is 15.0. The molecular weight excluding hydrogens is 949 g/mol. The van der Waals surface area contributed by atoms with E-state index in [0.717, 1.165) is 0 Å². The van der Waals surface area contributed by atoms with Gasteiger partial charge in [0.2, 0.25) is 23.4 Å². The molecule has 0 radical (unpaired) electrons. The van der Waals surface area contributed by atoms with Crippen LogP contribution in [0, 0.1) is 0 Å². The Morgan fingerprint density at radius 2 is 0.843 bits per heavy atom. The van der Waals surface area contributed by atoms with Gasteiger partial charge in [0, 0.05) is 37.6 Å². The predicted molar refractivity (Wildman–Crippen MR) is 253 cm³/mol. The van der Waals surface area contributed by atoms with Crippen LogP contribution >= 0.6 is 0 Å². The lowest BCUT2D eigenvalue weighted by molar-refractivity contribution is 0.388. The highest BCUT2D eigenvalue weighted by Gasteiger charge is 2.32. The summed E-state index contributed by atoms with van der Waals surface area (Å²) in [4.78, 5) is 16.6. The summed E-state index contributed by atoms with van der Waals surface area (Å²) in [7, 11) is 1.55. The first kappa shape index (κ1) is 50.0. The molecule has 0 unspecified atom stereocenters. The molecule has 22 nitrogen and oxygen atoms in total. The van der Waals surface area contributed by atoms with Gasteiger partial charge >= 0.3 is 0 Å². The van der Waals surface area contributed by atoms with Gasteiger partial charge in [-0.3, -0.25) is 19.1 Å². The average molecular weight is 999 g/mol. The van der Waals surface area contributed by atoms with E-state index in [1.54, 1.807) is 83.6 Å². The highest BCUT2D eigenvalue weighted by Crippen LogP contribution is 2.39. The van der Waals surface area contributed by atoms with E-state index in [1.165, 1.54) is 80.0 Å². The Hall–Kier alpha value is -7.86. The number of hydrogen-bond donors (Lipinski definition) is 0. The molecule has 0 N–H and O–H groups in total. The average Bonchev–Trinajstić information content (AvgIpc) is 4.23. The summed E-state index contributed by atoms with van der Waals surface area (Å²) in [5, 5.41) is 15.3. The third-order valence-electron chi connectivity index (χ3n) is 10.9. The molecule has 6 aromatic heterocycles. The maximum absolute atomic E-state index is 13.4. The number of sulfone groups is 2. The molecule has 8 aromatic rings. The standard InChI is InChI=1S/2C23H25N5O6S/c2*1-15(13-16-23(33-4)25-11-10-24-16)35(29,30)14-20-26-27-22(19-9-6-12-34-19)28(20)21-17(31-2)7-5-8-18(21)32-3/h2*5-12,15H,13-14H2,1-4H3/t2*15-/m10/s1. The van der Waals surface area contributed by atoms with Gasteiger partial charge in [-0.1, -0.05) is 12.1 Å². The normalized spacial score (nSPS) is 12.3. The Labute approximate surface area is 403 Å². The first-order valence-corrected chi connectivity index (χ1v) is 24.7. The number of rotatable bonds is 20. The number of benzene rings is 2. The molecule has 0 aliphatic heterocycles. The van der Waals surface area contributed by atoms with Crippen molar-refractivity contribution in [3.63, 3.8) is 0 Å². The van der Waals surface area contributed by atoms with E-state index < -0.39 is 41.7 Å². The molecule has 0 saturated heterocycles. The molecule has 0 aliphatic rings. The minimum atomic E-state index is -3.72. The molecule has 70 heavy (non-hydrogen) atoms. The quantitative estimate of drug-likeness (QED) is 0.0876. The Morgan fingerprint density at radius 3 is 1.16 bits per heavy atom. The fourth-order valence-corrected chi connectivity index (χ4v) is 9.78.